The number of benzene rings is 2. The number of thioether (sulfide) groups is 1. The van der Waals surface area contributed by atoms with Crippen LogP contribution in [0.15, 0.2) is 53.7 Å². The van der Waals surface area contributed by atoms with E-state index in [4.69, 9.17) is 0 Å². The second-order valence-corrected chi connectivity index (χ2v) is 9.67. The topological polar surface area (TPSA) is 59.8 Å². The van der Waals surface area contributed by atoms with Gasteiger partial charge in [-0.05, 0) is 56.9 Å². The van der Waals surface area contributed by atoms with Gasteiger partial charge in [-0.3, -0.25) is 9.36 Å². The Morgan fingerprint density at radius 1 is 1.00 bits per heavy atom. The minimum atomic E-state index is -0.301. The second-order valence-electron chi connectivity index (χ2n) is 8.36. The van der Waals surface area contributed by atoms with E-state index < -0.39 is 0 Å². The van der Waals surface area contributed by atoms with Crippen LogP contribution in [0.3, 0.4) is 0 Å². The van der Waals surface area contributed by atoms with E-state index in [0.717, 1.165) is 46.3 Å². The van der Waals surface area contributed by atoms with Crippen LogP contribution in [0.1, 0.15) is 61.9 Å². The normalized spacial score (nSPS) is 15.6. The molecule has 0 unspecified atom stereocenters. The van der Waals surface area contributed by atoms with Crippen molar-refractivity contribution in [3.63, 3.8) is 0 Å². The van der Waals surface area contributed by atoms with Gasteiger partial charge < -0.3 is 5.32 Å². The Morgan fingerprint density at radius 2 is 1.68 bits per heavy atom. The maximum absolute atomic E-state index is 13.0. The zero-order chi connectivity index (χ0) is 21.8. The van der Waals surface area contributed by atoms with Gasteiger partial charge in [-0.25, -0.2) is 0 Å². The largest absolute Gasteiger partial charge is 0.325 e. The fraction of sp³-hybridized carbons (Fsp3) is 0.400. The van der Waals surface area contributed by atoms with Crippen LogP contribution in [0.2, 0.25) is 0 Å². The predicted octanol–water partition coefficient (Wildman–Crippen LogP) is 6.05. The maximum Gasteiger partial charge on any atom is 0.237 e. The molecular formula is C25H30N4OS. The zero-order valence-corrected chi connectivity index (χ0v) is 19.3. The molecule has 0 aliphatic heterocycles. The number of aryl methyl sites for hydroxylation is 2. The standard InChI is InChI=1S/C25H30N4OS/c1-17-11-10-12-18(2)22(17)26-24(30)19(3)31-25-28-27-23(20-13-6-4-7-14-20)29(25)21-15-8-5-9-16-21/h5,8-12,15-16,19-20H,4,6-7,13-14H2,1-3H3,(H,26,30)/t19-/m1/s1. The molecule has 1 amide bonds. The highest BCUT2D eigenvalue weighted by Crippen LogP contribution is 2.35. The molecule has 5 nitrogen and oxygen atoms in total. The van der Waals surface area contributed by atoms with Gasteiger partial charge in [0, 0.05) is 17.3 Å². The molecule has 6 heteroatoms. The van der Waals surface area contributed by atoms with Gasteiger partial charge in [0.1, 0.15) is 5.82 Å². The number of nitrogens with one attached hydrogen (secondary N) is 1. The Balaban J connectivity index is 1.59. The fourth-order valence-corrected chi connectivity index (χ4v) is 5.13. The molecule has 1 heterocycles. The second kappa shape index (κ2) is 9.69. The van der Waals surface area contributed by atoms with Gasteiger partial charge in [-0.2, -0.15) is 0 Å². The summed E-state index contributed by atoms with van der Waals surface area (Å²) < 4.78 is 2.16. The summed E-state index contributed by atoms with van der Waals surface area (Å²) in [5, 5.41) is 12.7. The number of hydrogen-bond donors (Lipinski definition) is 1. The van der Waals surface area contributed by atoms with E-state index in [1.165, 1.54) is 31.0 Å². The van der Waals surface area contributed by atoms with Gasteiger partial charge in [-0.15, -0.1) is 10.2 Å². The number of carbonyl (C=O) groups excluding carboxylic acids is 1. The minimum Gasteiger partial charge on any atom is -0.325 e. The number of amides is 1. The Labute approximate surface area is 188 Å². The lowest BCUT2D eigenvalue weighted by Crippen LogP contribution is -2.24. The number of carbonyl (C=O) groups is 1. The molecule has 1 aliphatic carbocycles. The summed E-state index contributed by atoms with van der Waals surface area (Å²) in [7, 11) is 0. The third-order valence-electron chi connectivity index (χ3n) is 6.02. The molecule has 0 saturated heterocycles. The highest BCUT2D eigenvalue weighted by atomic mass is 32.2. The highest BCUT2D eigenvalue weighted by molar-refractivity contribution is 8.00. The van der Waals surface area contributed by atoms with Crippen molar-refractivity contribution >= 4 is 23.4 Å². The van der Waals surface area contributed by atoms with E-state index in [1.807, 2.05) is 57.2 Å². The molecule has 0 spiro atoms. The van der Waals surface area contributed by atoms with Gasteiger partial charge >= 0.3 is 0 Å². The first-order valence-corrected chi connectivity index (χ1v) is 12.0. The lowest BCUT2D eigenvalue weighted by Gasteiger charge is -2.22. The van der Waals surface area contributed by atoms with E-state index in [0.29, 0.717) is 5.92 Å². The van der Waals surface area contributed by atoms with Crippen LogP contribution in [0.5, 0.6) is 0 Å². The molecule has 1 N–H and O–H groups in total. The monoisotopic (exact) mass is 434 g/mol. The first-order chi connectivity index (χ1) is 15.0. The molecule has 31 heavy (non-hydrogen) atoms. The van der Waals surface area contributed by atoms with Crippen LogP contribution in [-0.2, 0) is 4.79 Å². The highest BCUT2D eigenvalue weighted by Gasteiger charge is 2.26. The predicted molar refractivity (Wildman–Crippen MR) is 127 cm³/mol. The van der Waals surface area contributed by atoms with Crippen LogP contribution in [0, 0.1) is 13.8 Å². The fourth-order valence-electron chi connectivity index (χ4n) is 4.25. The molecule has 1 aliphatic rings. The van der Waals surface area contributed by atoms with E-state index >= 15 is 0 Å². The first-order valence-electron chi connectivity index (χ1n) is 11.1. The minimum absolute atomic E-state index is 0.0239. The Morgan fingerprint density at radius 3 is 2.35 bits per heavy atom. The Kier molecular flexibility index (Phi) is 6.76. The smallest absolute Gasteiger partial charge is 0.237 e. The average molecular weight is 435 g/mol. The van der Waals surface area contributed by atoms with Gasteiger partial charge in [0.25, 0.3) is 0 Å². The number of rotatable bonds is 6. The Bertz CT molecular complexity index is 1020. The van der Waals surface area contributed by atoms with Crippen molar-refractivity contribution in [3.8, 4) is 5.69 Å². The van der Waals surface area contributed by atoms with E-state index in [2.05, 4.69) is 32.2 Å². The summed E-state index contributed by atoms with van der Waals surface area (Å²) in [5.41, 5.74) is 4.08. The van der Waals surface area contributed by atoms with Gasteiger partial charge in [0.05, 0.1) is 5.25 Å². The van der Waals surface area contributed by atoms with Crippen molar-refractivity contribution in [2.75, 3.05) is 5.32 Å². The summed E-state index contributed by atoms with van der Waals surface area (Å²) in [6.45, 7) is 5.96. The summed E-state index contributed by atoms with van der Waals surface area (Å²) in [6, 6.07) is 16.3. The van der Waals surface area contributed by atoms with Crippen LogP contribution < -0.4 is 5.32 Å². The van der Waals surface area contributed by atoms with E-state index in [-0.39, 0.29) is 11.2 Å². The molecule has 0 bridgehead atoms. The third kappa shape index (κ3) is 4.85. The van der Waals surface area contributed by atoms with Crippen molar-refractivity contribution in [3.05, 3.63) is 65.5 Å². The van der Waals surface area contributed by atoms with Gasteiger partial charge in [-0.1, -0.05) is 67.4 Å². The lowest BCUT2D eigenvalue weighted by molar-refractivity contribution is -0.115. The molecule has 162 valence electrons. The van der Waals surface area contributed by atoms with E-state index in [9.17, 15) is 4.79 Å². The summed E-state index contributed by atoms with van der Waals surface area (Å²) in [4.78, 5) is 13.0. The molecule has 1 aromatic heterocycles. The Hall–Kier alpha value is -2.60. The number of para-hydroxylation sites is 2. The summed E-state index contributed by atoms with van der Waals surface area (Å²) >= 11 is 1.47. The molecule has 0 radical (unpaired) electrons. The van der Waals surface area contributed by atoms with Crippen molar-refractivity contribution in [2.45, 2.75) is 69.2 Å². The first kappa shape index (κ1) is 21.6. The number of aromatic nitrogens is 3. The molecule has 1 saturated carbocycles. The molecule has 1 atom stereocenters. The lowest BCUT2D eigenvalue weighted by atomic mass is 9.88. The molecule has 2 aromatic carbocycles. The molecule has 3 aromatic rings. The average Bonchev–Trinajstić information content (AvgIpc) is 3.21. The van der Waals surface area contributed by atoms with Crippen molar-refractivity contribution in [2.24, 2.45) is 0 Å². The zero-order valence-electron chi connectivity index (χ0n) is 18.5. The maximum atomic E-state index is 13.0. The van der Waals surface area contributed by atoms with Crippen molar-refractivity contribution in [1.82, 2.24) is 14.8 Å². The van der Waals surface area contributed by atoms with Crippen molar-refractivity contribution < 1.29 is 4.79 Å². The SMILES string of the molecule is Cc1cccc(C)c1NC(=O)[C@@H](C)Sc1nnc(C2CCCCC2)n1-c1ccccc1. The summed E-state index contributed by atoms with van der Waals surface area (Å²) in [6.07, 6.45) is 6.08. The quantitative estimate of drug-likeness (QED) is 0.480. The molecule has 1 fully saturated rings. The van der Waals surface area contributed by atoms with Gasteiger partial charge in [0.2, 0.25) is 5.91 Å². The van der Waals surface area contributed by atoms with Crippen LogP contribution in [0.4, 0.5) is 5.69 Å². The molecular weight excluding hydrogens is 404 g/mol. The van der Waals surface area contributed by atoms with E-state index in [1.54, 1.807) is 0 Å². The van der Waals surface area contributed by atoms with Crippen LogP contribution in [-0.4, -0.2) is 25.9 Å². The molecule has 4 rings (SSSR count). The summed E-state index contributed by atoms with van der Waals surface area (Å²) in [5.74, 6) is 1.43. The number of nitrogens with zero attached hydrogens (tertiary/aromatic N) is 3. The van der Waals surface area contributed by atoms with Crippen LogP contribution in [0.25, 0.3) is 5.69 Å². The number of hydrogen-bond acceptors (Lipinski definition) is 4. The number of anilines is 1. The van der Waals surface area contributed by atoms with Crippen molar-refractivity contribution in [1.29, 1.82) is 0 Å². The van der Waals surface area contributed by atoms with Gasteiger partial charge in [0.15, 0.2) is 5.16 Å². The third-order valence-corrected chi connectivity index (χ3v) is 7.07. The van der Waals surface area contributed by atoms with Crippen LogP contribution >= 0.6 is 11.8 Å².